The first-order valence-corrected chi connectivity index (χ1v) is 9.37. The lowest BCUT2D eigenvalue weighted by molar-refractivity contribution is 0.523. The van der Waals surface area contributed by atoms with E-state index in [0.717, 1.165) is 30.7 Å². The summed E-state index contributed by atoms with van der Waals surface area (Å²) in [4.78, 5) is 0.990. The van der Waals surface area contributed by atoms with E-state index >= 15 is 0 Å². The highest BCUT2D eigenvalue weighted by Gasteiger charge is 2.29. The Morgan fingerprint density at radius 1 is 1.19 bits per heavy atom. The zero-order valence-electron chi connectivity index (χ0n) is 13.8. The molecule has 3 heteroatoms. The maximum absolute atomic E-state index is 12.7. The number of hydrogen-bond donors (Lipinski definition) is 1. The summed E-state index contributed by atoms with van der Waals surface area (Å²) >= 11 is 0. The molecular weight excluding hydrogens is 278 g/mol. The zero-order chi connectivity index (χ0) is 15.5. The summed E-state index contributed by atoms with van der Waals surface area (Å²) in [5, 5.41) is 3.88. The van der Waals surface area contributed by atoms with Gasteiger partial charge in [-0.2, -0.15) is 0 Å². The predicted molar refractivity (Wildman–Crippen MR) is 91.3 cm³/mol. The van der Waals surface area contributed by atoms with Crippen LogP contribution in [0.15, 0.2) is 29.2 Å². The second kappa shape index (κ2) is 7.06. The van der Waals surface area contributed by atoms with Gasteiger partial charge in [0.05, 0.1) is 10.8 Å². The van der Waals surface area contributed by atoms with Crippen molar-refractivity contribution in [1.82, 2.24) is 5.32 Å². The Hall–Kier alpha value is -0.670. The Morgan fingerprint density at radius 3 is 2.43 bits per heavy atom. The molecule has 0 spiro atoms. The molecule has 0 radical (unpaired) electrons. The van der Waals surface area contributed by atoms with Crippen LogP contribution in [0.2, 0.25) is 0 Å². The molecule has 0 aromatic heterocycles. The smallest absolute Gasteiger partial charge is 0.0561 e. The largest absolute Gasteiger partial charge is 0.314 e. The molecule has 21 heavy (non-hydrogen) atoms. The standard InChI is InChI=1S/C18H29NOS/c1-5-12-19-15-8-11-17(13-15)21(20)16-9-6-14(7-10-16)18(2,3)4/h6-7,9-10,15,17,19H,5,8,11-13H2,1-4H3. The van der Waals surface area contributed by atoms with Gasteiger partial charge in [-0.25, -0.2) is 0 Å². The highest BCUT2D eigenvalue weighted by molar-refractivity contribution is 7.85. The minimum atomic E-state index is -0.860. The maximum Gasteiger partial charge on any atom is 0.0561 e. The van der Waals surface area contributed by atoms with Gasteiger partial charge in [-0.3, -0.25) is 4.21 Å². The quantitative estimate of drug-likeness (QED) is 0.890. The molecule has 2 rings (SSSR count). The lowest BCUT2D eigenvalue weighted by Crippen LogP contribution is -2.28. The van der Waals surface area contributed by atoms with Crippen molar-refractivity contribution >= 4 is 10.8 Å². The number of benzene rings is 1. The third kappa shape index (κ3) is 4.40. The molecule has 1 aliphatic rings. The van der Waals surface area contributed by atoms with E-state index in [-0.39, 0.29) is 5.41 Å². The molecular formula is C18H29NOS. The highest BCUT2D eigenvalue weighted by Crippen LogP contribution is 2.29. The Morgan fingerprint density at radius 2 is 1.86 bits per heavy atom. The molecule has 1 fully saturated rings. The second-order valence-corrected chi connectivity index (χ2v) is 8.89. The summed E-state index contributed by atoms with van der Waals surface area (Å²) in [6, 6.07) is 8.95. The van der Waals surface area contributed by atoms with Gasteiger partial charge in [0.25, 0.3) is 0 Å². The second-order valence-electron chi connectivity index (χ2n) is 7.16. The van der Waals surface area contributed by atoms with Crippen LogP contribution in [0, 0.1) is 0 Å². The molecule has 1 aromatic rings. The average Bonchev–Trinajstić information content (AvgIpc) is 2.92. The molecule has 3 unspecified atom stereocenters. The molecule has 1 saturated carbocycles. The highest BCUT2D eigenvalue weighted by atomic mass is 32.2. The van der Waals surface area contributed by atoms with Crippen LogP contribution in [-0.4, -0.2) is 22.0 Å². The monoisotopic (exact) mass is 307 g/mol. The van der Waals surface area contributed by atoms with Crippen LogP contribution in [0.5, 0.6) is 0 Å². The molecule has 0 bridgehead atoms. The molecule has 1 N–H and O–H groups in total. The number of hydrogen-bond acceptors (Lipinski definition) is 2. The minimum absolute atomic E-state index is 0.155. The van der Waals surface area contributed by atoms with Crippen LogP contribution in [0.1, 0.15) is 58.9 Å². The Kier molecular flexibility index (Phi) is 5.61. The fraction of sp³-hybridized carbons (Fsp3) is 0.667. The third-order valence-electron chi connectivity index (χ3n) is 4.32. The van der Waals surface area contributed by atoms with Crippen LogP contribution in [0.25, 0.3) is 0 Å². The summed E-state index contributed by atoms with van der Waals surface area (Å²) in [6.07, 6.45) is 4.46. The molecule has 1 aliphatic carbocycles. The van der Waals surface area contributed by atoms with E-state index in [1.165, 1.54) is 12.0 Å². The van der Waals surface area contributed by atoms with E-state index in [9.17, 15) is 4.21 Å². The molecule has 0 amide bonds. The minimum Gasteiger partial charge on any atom is -0.314 e. The van der Waals surface area contributed by atoms with Crippen molar-refractivity contribution < 1.29 is 4.21 Å². The predicted octanol–water partition coefficient (Wildman–Crippen LogP) is 4.01. The van der Waals surface area contributed by atoms with Crippen molar-refractivity contribution in [3.8, 4) is 0 Å². The van der Waals surface area contributed by atoms with E-state index in [0.29, 0.717) is 11.3 Å². The summed E-state index contributed by atoms with van der Waals surface area (Å²) in [7, 11) is -0.860. The van der Waals surface area contributed by atoms with Gasteiger partial charge in [0.1, 0.15) is 0 Å². The average molecular weight is 308 g/mol. The summed E-state index contributed by atoms with van der Waals surface area (Å²) in [5.74, 6) is 0. The fourth-order valence-corrected chi connectivity index (χ4v) is 4.50. The number of nitrogens with one attached hydrogen (secondary N) is 1. The van der Waals surface area contributed by atoms with Gasteiger partial charge in [0.2, 0.25) is 0 Å². The van der Waals surface area contributed by atoms with Crippen molar-refractivity contribution in [2.45, 2.75) is 75.0 Å². The van der Waals surface area contributed by atoms with E-state index in [1.807, 2.05) is 0 Å². The molecule has 118 valence electrons. The first-order valence-electron chi connectivity index (χ1n) is 8.16. The molecule has 3 atom stereocenters. The van der Waals surface area contributed by atoms with Crippen LogP contribution in [0.4, 0.5) is 0 Å². The van der Waals surface area contributed by atoms with Crippen molar-refractivity contribution in [1.29, 1.82) is 0 Å². The van der Waals surface area contributed by atoms with E-state index < -0.39 is 10.8 Å². The molecule has 0 aliphatic heterocycles. The van der Waals surface area contributed by atoms with Gasteiger partial charge in [0.15, 0.2) is 0 Å². The van der Waals surface area contributed by atoms with Crippen molar-refractivity contribution in [3.63, 3.8) is 0 Å². The van der Waals surface area contributed by atoms with Gasteiger partial charge in [0, 0.05) is 16.2 Å². The van der Waals surface area contributed by atoms with Crippen LogP contribution in [-0.2, 0) is 16.2 Å². The third-order valence-corrected chi connectivity index (χ3v) is 6.09. The van der Waals surface area contributed by atoms with E-state index in [1.54, 1.807) is 0 Å². The number of rotatable bonds is 5. The Labute approximate surface area is 132 Å². The van der Waals surface area contributed by atoms with Gasteiger partial charge >= 0.3 is 0 Å². The lowest BCUT2D eigenvalue weighted by atomic mass is 9.87. The molecule has 2 nitrogen and oxygen atoms in total. The van der Waals surface area contributed by atoms with E-state index in [2.05, 4.69) is 57.3 Å². The summed E-state index contributed by atoms with van der Waals surface area (Å²) < 4.78 is 12.7. The lowest BCUT2D eigenvalue weighted by Gasteiger charge is -2.19. The summed E-state index contributed by atoms with van der Waals surface area (Å²) in [5.41, 5.74) is 1.46. The van der Waals surface area contributed by atoms with Crippen LogP contribution >= 0.6 is 0 Å². The van der Waals surface area contributed by atoms with Gasteiger partial charge in [-0.15, -0.1) is 0 Å². The Balaban J connectivity index is 1.98. The maximum atomic E-state index is 12.7. The van der Waals surface area contributed by atoms with Gasteiger partial charge < -0.3 is 5.32 Å². The topological polar surface area (TPSA) is 29.1 Å². The van der Waals surface area contributed by atoms with Crippen molar-refractivity contribution in [2.24, 2.45) is 0 Å². The SMILES string of the molecule is CCCNC1CCC(S(=O)c2ccc(C(C)(C)C)cc2)C1. The van der Waals surface area contributed by atoms with Crippen LogP contribution < -0.4 is 5.32 Å². The van der Waals surface area contributed by atoms with Gasteiger partial charge in [-0.05, 0) is 55.3 Å². The van der Waals surface area contributed by atoms with Gasteiger partial charge in [-0.1, -0.05) is 39.8 Å². The summed E-state index contributed by atoms with van der Waals surface area (Å²) in [6.45, 7) is 9.89. The first kappa shape index (κ1) is 16.7. The van der Waals surface area contributed by atoms with Crippen molar-refractivity contribution in [3.05, 3.63) is 29.8 Å². The van der Waals surface area contributed by atoms with Crippen molar-refractivity contribution in [2.75, 3.05) is 6.54 Å². The fourth-order valence-electron chi connectivity index (χ4n) is 2.95. The van der Waals surface area contributed by atoms with E-state index in [4.69, 9.17) is 0 Å². The normalized spacial score (nSPS) is 24.2. The Bertz CT molecular complexity index is 475. The molecule has 1 aromatic carbocycles. The first-order chi connectivity index (χ1) is 9.91. The molecule has 0 saturated heterocycles. The zero-order valence-corrected chi connectivity index (χ0v) is 14.6. The van der Waals surface area contributed by atoms with Crippen LogP contribution in [0.3, 0.4) is 0 Å². The molecule has 0 heterocycles.